The molecule has 0 heterocycles. The van der Waals surface area contributed by atoms with Crippen LogP contribution >= 0.6 is 0 Å². The van der Waals surface area contributed by atoms with E-state index < -0.39 is 0 Å². The molecule has 0 atom stereocenters. The molecule has 1 radical (unpaired) electrons. The summed E-state index contributed by atoms with van der Waals surface area (Å²) in [5.74, 6) is 0. The summed E-state index contributed by atoms with van der Waals surface area (Å²) in [6.45, 7) is 0.620. The Hall–Kier alpha value is -0.197. The van der Waals surface area contributed by atoms with Gasteiger partial charge in [-0.25, -0.2) is 0 Å². The summed E-state index contributed by atoms with van der Waals surface area (Å²) in [5.41, 5.74) is 6.49. The second-order valence-electron chi connectivity index (χ2n) is 1.61. The van der Waals surface area contributed by atoms with E-state index in [1.54, 1.807) is 0 Å². The van der Waals surface area contributed by atoms with E-state index >= 15 is 0 Å². The van der Waals surface area contributed by atoms with Crippen molar-refractivity contribution in [1.82, 2.24) is 0 Å². The summed E-state index contributed by atoms with van der Waals surface area (Å²) in [4.78, 5) is 0. The fourth-order valence-electron chi connectivity index (χ4n) is 0.557. The molecule has 0 aliphatic rings. The SMILES string of the molecule is NCc1cc[c]cc1.[Zn]. The van der Waals surface area contributed by atoms with Gasteiger partial charge >= 0.3 is 0 Å². The van der Waals surface area contributed by atoms with Crippen molar-refractivity contribution in [3.8, 4) is 0 Å². The van der Waals surface area contributed by atoms with Crippen LogP contribution in [0.2, 0.25) is 0 Å². The van der Waals surface area contributed by atoms with Gasteiger partial charge in [0, 0.05) is 26.0 Å². The summed E-state index contributed by atoms with van der Waals surface area (Å²) >= 11 is 0. The Balaban J connectivity index is 0.000000640. The molecule has 1 nitrogen and oxygen atoms in total. The first-order valence-corrected chi connectivity index (χ1v) is 2.58. The summed E-state index contributed by atoms with van der Waals surface area (Å²) in [5, 5.41) is 0. The Morgan fingerprint density at radius 1 is 1.33 bits per heavy atom. The molecule has 0 aliphatic heterocycles. The van der Waals surface area contributed by atoms with Crippen LogP contribution in [0.4, 0.5) is 0 Å². The van der Waals surface area contributed by atoms with E-state index in [0.29, 0.717) is 6.54 Å². The van der Waals surface area contributed by atoms with Crippen LogP contribution in [0.15, 0.2) is 24.3 Å². The molecule has 0 unspecified atom stereocenters. The molecule has 1 rings (SSSR count). The van der Waals surface area contributed by atoms with Gasteiger partial charge in [-0.05, 0) is 11.6 Å². The van der Waals surface area contributed by atoms with Gasteiger partial charge in [0.05, 0.1) is 0 Å². The fraction of sp³-hybridized carbons (Fsp3) is 0.143. The van der Waals surface area contributed by atoms with Crippen molar-refractivity contribution in [2.45, 2.75) is 6.54 Å². The van der Waals surface area contributed by atoms with Gasteiger partial charge in [-0.1, -0.05) is 24.3 Å². The third-order valence-corrected chi connectivity index (χ3v) is 1.02. The van der Waals surface area contributed by atoms with Crippen LogP contribution in [0.1, 0.15) is 5.56 Å². The molecule has 43 valence electrons. The van der Waals surface area contributed by atoms with E-state index in [2.05, 4.69) is 6.07 Å². The second kappa shape index (κ2) is 4.66. The molecule has 0 fully saturated rings. The minimum atomic E-state index is 0. The van der Waals surface area contributed by atoms with Crippen LogP contribution in [0.5, 0.6) is 0 Å². The average molecular weight is 172 g/mol. The van der Waals surface area contributed by atoms with Gasteiger partial charge in [0.2, 0.25) is 0 Å². The zero-order valence-corrected chi connectivity index (χ0v) is 8.27. The molecule has 2 N–H and O–H groups in total. The van der Waals surface area contributed by atoms with Gasteiger partial charge < -0.3 is 5.73 Å². The standard InChI is InChI=1S/C7H8N.Zn/c8-6-7-4-2-1-3-5-7;/h2-5H,6,8H2;. The molecule has 0 aromatic heterocycles. The van der Waals surface area contributed by atoms with Gasteiger partial charge in [-0.3, -0.25) is 0 Å². The summed E-state index contributed by atoms with van der Waals surface area (Å²) in [6.07, 6.45) is 0. The minimum Gasteiger partial charge on any atom is -0.326 e. The monoisotopic (exact) mass is 170 g/mol. The predicted octanol–water partition coefficient (Wildman–Crippen LogP) is 0.943. The fourth-order valence-corrected chi connectivity index (χ4v) is 0.557. The van der Waals surface area contributed by atoms with E-state index in [1.165, 1.54) is 0 Å². The average Bonchev–Trinajstić information content (AvgIpc) is 1.90. The molecular formula is C7H8NZn. The molecule has 1 aromatic carbocycles. The number of nitrogens with two attached hydrogens (primary N) is 1. The summed E-state index contributed by atoms with van der Waals surface area (Å²) in [6, 6.07) is 10.6. The second-order valence-corrected chi connectivity index (χ2v) is 1.61. The van der Waals surface area contributed by atoms with Crippen LogP contribution in [0, 0.1) is 6.07 Å². The van der Waals surface area contributed by atoms with Crippen molar-refractivity contribution in [3.05, 3.63) is 35.9 Å². The van der Waals surface area contributed by atoms with E-state index in [0.717, 1.165) is 5.56 Å². The quantitative estimate of drug-likeness (QED) is 0.626. The molecule has 0 aliphatic carbocycles. The van der Waals surface area contributed by atoms with Crippen molar-refractivity contribution in [2.75, 3.05) is 0 Å². The first-order valence-electron chi connectivity index (χ1n) is 2.58. The molecule has 0 amide bonds. The van der Waals surface area contributed by atoms with E-state index in [1.807, 2.05) is 24.3 Å². The Bertz CT molecular complexity index is 150. The Labute approximate surface area is 68.0 Å². The molecule has 0 saturated carbocycles. The van der Waals surface area contributed by atoms with Crippen molar-refractivity contribution in [2.24, 2.45) is 5.73 Å². The summed E-state index contributed by atoms with van der Waals surface area (Å²) in [7, 11) is 0. The molecule has 9 heavy (non-hydrogen) atoms. The number of hydrogen-bond donors (Lipinski definition) is 1. The maximum Gasteiger partial charge on any atom is 0.0178 e. The van der Waals surface area contributed by atoms with Gasteiger partial charge in [0.15, 0.2) is 0 Å². The predicted molar refractivity (Wildman–Crippen MR) is 33.2 cm³/mol. The van der Waals surface area contributed by atoms with Crippen LogP contribution in [0.3, 0.4) is 0 Å². The first kappa shape index (κ1) is 8.80. The largest absolute Gasteiger partial charge is 0.326 e. The van der Waals surface area contributed by atoms with Crippen LogP contribution in [0.25, 0.3) is 0 Å². The van der Waals surface area contributed by atoms with Crippen molar-refractivity contribution in [1.29, 1.82) is 0 Å². The van der Waals surface area contributed by atoms with Crippen molar-refractivity contribution in [3.63, 3.8) is 0 Å². The summed E-state index contributed by atoms with van der Waals surface area (Å²) < 4.78 is 0. The number of hydrogen-bond acceptors (Lipinski definition) is 1. The molecule has 2 heteroatoms. The zero-order valence-electron chi connectivity index (χ0n) is 5.30. The first-order chi connectivity index (χ1) is 3.93. The molecule has 0 spiro atoms. The third-order valence-electron chi connectivity index (χ3n) is 1.02. The van der Waals surface area contributed by atoms with E-state index in [4.69, 9.17) is 5.73 Å². The van der Waals surface area contributed by atoms with Gasteiger partial charge in [0.1, 0.15) is 0 Å². The molecule has 1 aromatic rings. The number of rotatable bonds is 1. The van der Waals surface area contributed by atoms with Crippen LogP contribution in [-0.2, 0) is 26.0 Å². The molecule has 0 bridgehead atoms. The van der Waals surface area contributed by atoms with Crippen molar-refractivity contribution < 1.29 is 19.5 Å². The van der Waals surface area contributed by atoms with E-state index in [9.17, 15) is 0 Å². The maximum absolute atomic E-state index is 5.34. The molecule has 0 saturated heterocycles. The van der Waals surface area contributed by atoms with Gasteiger partial charge in [0.25, 0.3) is 0 Å². The van der Waals surface area contributed by atoms with Crippen LogP contribution < -0.4 is 5.73 Å². The zero-order chi connectivity index (χ0) is 5.82. The van der Waals surface area contributed by atoms with Crippen LogP contribution in [-0.4, -0.2) is 0 Å². The van der Waals surface area contributed by atoms with Gasteiger partial charge in [-0.15, -0.1) is 0 Å². The number of benzene rings is 1. The van der Waals surface area contributed by atoms with E-state index in [-0.39, 0.29) is 19.5 Å². The normalized spacial score (nSPS) is 8.11. The smallest absolute Gasteiger partial charge is 0.0178 e. The Kier molecular flexibility index (Phi) is 4.56. The Morgan fingerprint density at radius 2 is 1.89 bits per heavy atom. The van der Waals surface area contributed by atoms with Gasteiger partial charge in [-0.2, -0.15) is 0 Å². The molecular weight excluding hydrogens is 163 g/mol. The third kappa shape index (κ3) is 2.73. The maximum atomic E-state index is 5.34. The minimum absolute atomic E-state index is 0. The Morgan fingerprint density at radius 3 is 2.22 bits per heavy atom. The van der Waals surface area contributed by atoms with Crippen molar-refractivity contribution >= 4 is 0 Å². The topological polar surface area (TPSA) is 26.0 Å².